The van der Waals surface area contributed by atoms with Gasteiger partial charge < -0.3 is 10.1 Å². The van der Waals surface area contributed by atoms with Gasteiger partial charge in [0, 0.05) is 23.8 Å². The van der Waals surface area contributed by atoms with Gasteiger partial charge in [-0.2, -0.15) is 0 Å². The highest BCUT2D eigenvalue weighted by molar-refractivity contribution is 5.80. The summed E-state index contributed by atoms with van der Waals surface area (Å²) in [7, 11) is 1.43. The van der Waals surface area contributed by atoms with Crippen molar-refractivity contribution in [3.8, 4) is 5.75 Å². The van der Waals surface area contributed by atoms with Crippen LogP contribution in [0.4, 0.5) is 10.1 Å². The van der Waals surface area contributed by atoms with E-state index in [1.54, 1.807) is 12.1 Å². The Kier molecular flexibility index (Phi) is 4.88. The Bertz CT molecular complexity index is 832. The van der Waals surface area contributed by atoms with Crippen molar-refractivity contribution in [1.82, 2.24) is 5.32 Å². The van der Waals surface area contributed by atoms with Crippen LogP contribution >= 0.6 is 0 Å². The van der Waals surface area contributed by atoms with Crippen LogP contribution in [0.2, 0.25) is 0 Å². The molecule has 1 fully saturated rings. The standard InChI is InChI=1S/C19H19FN2O4/c1-26-17-12-15(20)6-3-13(17)11-18(23)21-19(9-2-10-19)14-4-7-16(8-5-14)22(24)25/h3-8,12H,2,9-11H2,1H3,(H,21,23). The van der Waals surface area contributed by atoms with Gasteiger partial charge in [-0.25, -0.2) is 4.39 Å². The second-order valence-corrected chi connectivity index (χ2v) is 6.42. The van der Waals surface area contributed by atoms with Crippen molar-refractivity contribution in [2.24, 2.45) is 0 Å². The van der Waals surface area contributed by atoms with E-state index in [2.05, 4.69) is 5.32 Å². The molecule has 0 heterocycles. The zero-order valence-electron chi connectivity index (χ0n) is 14.3. The molecule has 0 aliphatic heterocycles. The fourth-order valence-corrected chi connectivity index (χ4v) is 3.27. The van der Waals surface area contributed by atoms with Crippen molar-refractivity contribution in [1.29, 1.82) is 0 Å². The summed E-state index contributed by atoms with van der Waals surface area (Å²) >= 11 is 0. The first kappa shape index (κ1) is 17.8. The third-order valence-corrected chi connectivity index (χ3v) is 4.82. The summed E-state index contributed by atoms with van der Waals surface area (Å²) in [6.45, 7) is 0. The van der Waals surface area contributed by atoms with Crippen LogP contribution in [0.5, 0.6) is 5.75 Å². The van der Waals surface area contributed by atoms with Gasteiger partial charge in [0.2, 0.25) is 5.91 Å². The van der Waals surface area contributed by atoms with Crippen LogP contribution < -0.4 is 10.1 Å². The van der Waals surface area contributed by atoms with E-state index in [1.807, 2.05) is 0 Å². The number of nitro groups is 1. The fourth-order valence-electron chi connectivity index (χ4n) is 3.27. The number of hydrogen-bond donors (Lipinski definition) is 1. The van der Waals surface area contributed by atoms with E-state index >= 15 is 0 Å². The lowest BCUT2D eigenvalue weighted by Crippen LogP contribution is -2.51. The summed E-state index contributed by atoms with van der Waals surface area (Å²) in [5, 5.41) is 13.9. The Morgan fingerprint density at radius 3 is 2.50 bits per heavy atom. The molecule has 0 aromatic heterocycles. The second-order valence-electron chi connectivity index (χ2n) is 6.42. The van der Waals surface area contributed by atoms with E-state index in [9.17, 15) is 19.3 Å². The molecule has 1 amide bonds. The predicted molar refractivity (Wildman–Crippen MR) is 93.4 cm³/mol. The average Bonchev–Trinajstić information content (AvgIpc) is 2.59. The topological polar surface area (TPSA) is 81.5 Å². The van der Waals surface area contributed by atoms with Gasteiger partial charge in [0.25, 0.3) is 5.69 Å². The van der Waals surface area contributed by atoms with Crippen molar-refractivity contribution in [3.63, 3.8) is 0 Å². The van der Waals surface area contributed by atoms with Gasteiger partial charge in [0.15, 0.2) is 0 Å². The zero-order valence-corrected chi connectivity index (χ0v) is 14.3. The van der Waals surface area contributed by atoms with Gasteiger partial charge in [0.05, 0.1) is 24.0 Å². The maximum atomic E-state index is 13.3. The quantitative estimate of drug-likeness (QED) is 0.633. The number of rotatable bonds is 6. The highest BCUT2D eigenvalue weighted by Crippen LogP contribution is 2.41. The molecule has 1 aliphatic rings. The molecular formula is C19H19FN2O4. The number of nitro benzene ring substituents is 1. The van der Waals surface area contributed by atoms with Crippen LogP contribution in [-0.4, -0.2) is 17.9 Å². The fraction of sp³-hybridized carbons (Fsp3) is 0.316. The average molecular weight is 358 g/mol. The van der Waals surface area contributed by atoms with Gasteiger partial charge in [-0.3, -0.25) is 14.9 Å². The van der Waals surface area contributed by atoms with Crippen molar-refractivity contribution in [2.45, 2.75) is 31.2 Å². The van der Waals surface area contributed by atoms with Crippen LogP contribution in [0.3, 0.4) is 0 Å². The summed E-state index contributed by atoms with van der Waals surface area (Å²) in [6, 6.07) is 10.4. The second kappa shape index (κ2) is 7.11. The Hall–Kier alpha value is -2.96. The summed E-state index contributed by atoms with van der Waals surface area (Å²) < 4.78 is 18.4. The summed E-state index contributed by atoms with van der Waals surface area (Å²) in [5.41, 5.74) is 0.975. The highest BCUT2D eigenvalue weighted by atomic mass is 19.1. The van der Waals surface area contributed by atoms with Crippen molar-refractivity contribution < 1.29 is 18.8 Å². The molecule has 2 aromatic carbocycles. The minimum Gasteiger partial charge on any atom is -0.496 e. The number of methoxy groups -OCH3 is 1. The van der Waals surface area contributed by atoms with Crippen molar-refractivity contribution in [2.75, 3.05) is 7.11 Å². The summed E-state index contributed by atoms with van der Waals surface area (Å²) in [4.78, 5) is 22.9. The normalized spacial score (nSPS) is 15.0. The molecule has 6 nitrogen and oxygen atoms in total. The van der Waals surface area contributed by atoms with Crippen LogP contribution in [0, 0.1) is 15.9 Å². The number of hydrogen-bond acceptors (Lipinski definition) is 4. The van der Waals surface area contributed by atoms with Crippen LogP contribution in [0.25, 0.3) is 0 Å². The van der Waals surface area contributed by atoms with Crippen LogP contribution in [-0.2, 0) is 16.8 Å². The third-order valence-electron chi connectivity index (χ3n) is 4.82. The summed E-state index contributed by atoms with van der Waals surface area (Å²) in [5.74, 6) is -0.293. The number of carbonyl (C=O) groups excluding carboxylic acids is 1. The molecular weight excluding hydrogens is 339 g/mol. The molecule has 1 N–H and O–H groups in total. The van der Waals surface area contributed by atoms with E-state index in [0.29, 0.717) is 11.3 Å². The maximum Gasteiger partial charge on any atom is 0.269 e. The molecule has 3 rings (SSSR count). The van der Waals surface area contributed by atoms with Crippen LogP contribution in [0.1, 0.15) is 30.4 Å². The van der Waals surface area contributed by atoms with Gasteiger partial charge in [-0.15, -0.1) is 0 Å². The number of nitrogens with one attached hydrogen (secondary N) is 1. The molecule has 0 unspecified atom stereocenters. The number of non-ortho nitro benzene ring substituents is 1. The molecule has 0 bridgehead atoms. The molecule has 0 radical (unpaired) electrons. The first-order valence-corrected chi connectivity index (χ1v) is 8.32. The van der Waals surface area contributed by atoms with E-state index in [1.165, 1.54) is 37.4 Å². The highest BCUT2D eigenvalue weighted by Gasteiger charge is 2.40. The van der Waals surface area contributed by atoms with E-state index < -0.39 is 16.3 Å². The molecule has 2 aromatic rings. The number of ether oxygens (including phenoxy) is 1. The van der Waals surface area contributed by atoms with Gasteiger partial charge >= 0.3 is 0 Å². The molecule has 1 aliphatic carbocycles. The van der Waals surface area contributed by atoms with E-state index in [4.69, 9.17) is 4.74 Å². The minimum atomic E-state index is -0.501. The number of halogens is 1. The largest absolute Gasteiger partial charge is 0.496 e. The first-order valence-electron chi connectivity index (χ1n) is 8.32. The lowest BCUT2D eigenvalue weighted by Gasteiger charge is -2.43. The molecule has 1 saturated carbocycles. The number of amides is 1. The molecule has 136 valence electrons. The number of carbonyl (C=O) groups is 1. The molecule has 26 heavy (non-hydrogen) atoms. The van der Waals surface area contributed by atoms with Gasteiger partial charge in [0.1, 0.15) is 11.6 Å². The zero-order chi connectivity index (χ0) is 18.7. The van der Waals surface area contributed by atoms with E-state index in [0.717, 1.165) is 24.8 Å². The van der Waals surface area contributed by atoms with Gasteiger partial charge in [-0.1, -0.05) is 6.07 Å². The Balaban J connectivity index is 1.75. The third kappa shape index (κ3) is 3.51. The minimum absolute atomic E-state index is 0.0191. The van der Waals surface area contributed by atoms with Gasteiger partial charge in [-0.05, 0) is 43.0 Å². The lowest BCUT2D eigenvalue weighted by atomic mass is 9.71. The predicted octanol–water partition coefficient (Wildman–Crippen LogP) is 3.48. The smallest absolute Gasteiger partial charge is 0.269 e. The summed E-state index contributed by atoms with van der Waals surface area (Å²) in [6.07, 6.45) is 2.59. The Labute approximate surface area is 150 Å². The molecule has 0 saturated heterocycles. The maximum absolute atomic E-state index is 13.3. The van der Waals surface area contributed by atoms with E-state index in [-0.39, 0.29) is 18.0 Å². The first-order chi connectivity index (χ1) is 12.4. The Morgan fingerprint density at radius 2 is 1.96 bits per heavy atom. The number of nitrogens with zero attached hydrogens (tertiary/aromatic N) is 1. The van der Waals surface area contributed by atoms with Crippen molar-refractivity contribution >= 4 is 11.6 Å². The van der Waals surface area contributed by atoms with Crippen molar-refractivity contribution in [3.05, 3.63) is 69.5 Å². The van der Waals surface area contributed by atoms with Crippen LogP contribution in [0.15, 0.2) is 42.5 Å². The molecule has 0 atom stereocenters. The lowest BCUT2D eigenvalue weighted by molar-refractivity contribution is -0.384. The molecule has 0 spiro atoms. The number of benzene rings is 2. The molecule has 7 heteroatoms. The Morgan fingerprint density at radius 1 is 1.27 bits per heavy atom. The monoisotopic (exact) mass is 358 g/mol. The SMILES string of the molecule is COc1cc(F)ccc1CC(=O)NC1(c2ccc([N+](=O)[O-])cc2)CCC1.